The fourth-order valence-electron chi connectivity index (χ4n) is 1.67. The minimum absolute atomic E-state index is 0.0161. The topological polar surface area (TPSA) is 45.2 Å². The molecule has 1 aliphatic rings. The quantitative estimate of drug-likeness (QED) is 0.836. The van der Waals surface area contributed by atoms with Crippen LogP contribution in [0, 0.1) is 6.92 Å². The molecule has 0 bridgehead atoms. The fourth-order valence-corrected chi connectivity index (χ4v) is 2.69. The van der Waals surface area contributed by atoms with Crippen LogP contribution < -0.4 is 10.2 Å². The summed E-state index contributed by atoms with van der Waals surface area (Å²) in [5.74, 6) is 0. The Morgan fingerprint density at radius 3 is 3.00 bits per heavy atom. The van der Waals surface area contributed by atoms with Crippen LogP contribution in [-0.4, -0.2) is 24.1 Å². The number of hydrogen-bond acceptors (Lipinski definition) is 3. The van der Waals surface area contributed by atoms with Crippen molar-refractivity contribution in [1.29, 1.82) is 0 Å². The van der Waals surface area contributed by atoms with Gasteiger partial charge in [-0.25, -0.2) is 9.78 Å². The van der Waals surface area contributed by atoms with Gasteiger partial charge in [0.2, 0.25) is 0 Å². The number of nitrogens with zero attached hydrogens (tertiary/aromatic N) is 2. The Kier molecular flexibility index (Phi) is 2.90. The predicted molar refractivity (Wildman–Crippen MR) is 61.6 cm³/mol. The second-order valence-electron chi connectivity index (χ2n) is 3.59. The molecule has 2 rings (SSSR count). The van der Waals surface area contributed by atoms with Crippen LogP contribution in [0.3, 0.4) is 0 Å². The lowest BCUT2D eigenvalue weighted by Crippen LogP contribution is -2.46. The average Bonchev–Trinajstić information content (AvgIpc) is 2.60. The molecule has 1 saturated heterocycles. The maximum Gasteiger partial charge on any atom is 0.323 e. The number of urea groups is 1. The number of rotatable bonds is 2. The standard InChI is InChI=1S/C10H15N3OS/c1-3-8-7(2)15-10(12-8)13-6-4-5-11-9(13)14/h3-6H2,1-2H3,(H,11,14). The third kappa shape index (κ3) is 1.97. The normalized spacial score (nSPS) is 16.7. The van der Waals surface area contributed by atoms with E-state index in [9.17, 15) is 4.79 Å². The second-order valence-corrected chi connectivity index (χ2v) is 4.77. The zero-order valence-electron chi connectivity index (χ0n) is 9.04. The summed E-state index contributed by atoms with van der Waals surface area (Å²) in [6, 6.07) is -0.0161. The molecule has 0 unspecified atom stereocenters. The SMILES string of the molecule is CCc1nc(N2CCCNC2=O)sc1C. The van der Waals surface area contributed by atoms with Crippen LogP contribution in [0.2, 0.25) is 0 Å². The maximum atomic E-state index is 11.6. The predicted octanol–water partition coefficient (Wildman–Crippen LogP) is 1.93. The fraction of sp³-hybridized carbons (Fsp3) is 0.600. The van der Waals surface area contributed by atoms with E-state index in [1.807, 2.05) is 0 Å². The molecule has 0 radical (unpaired) electrons. The van der Waals surface area contributed by atoms with Crippen molar-refractivity contribution >= 4 is 22.5 Å². The van der Waals surface area contributed by atoms with Crippen LogP contribution >= 0.6 is 11.3 Å². The molecule has 2 heterocycles. The highest BCUT2D eigenvalue weighted by Crippen LogP contribution is 2.26. The third-order valence-electron chi connectivity index (χ3n) is 2.53. The van der Waals surface area contributed by atoms with Gasteiger partial charge in [0.1, 0.15) is 0 Å². The van der Waals surface area contributed by atoms with Crippen molar-refractivity contribution in [2.24, 2.45) is 0 Å². The summed E-state index contributed by atoms with van der Waals surface area (Å²) in [4.78, 5) is 19.0. The van der Waals surface area contributed by atoms with E-state index in [4.69, 9.17) is 0 Å². The molecule has 2 amide bonds. The largest absolute Gasteiger partial charge is 0.338 e. The molecule has 1 fully saturated rings. The first-order valence-electron chi connectivity index (χ1n) is 5.24. The van der Waals surface area contributed by atoms with Gasteiger partial charge in [0, 0.05) is 18.0 Å². The summed E-state index contributed by atoms with van der Waals surface area (Å²) in [5, 5.41) is 3.67. The summed E-state index contributed by atoms with van der Waals surface area (Å²) < 4.78 is 0. The highest BCUT2D eigenvalue weighted by atomic mass is 32.1. The summed E-state index contributed by atoms with van der Waals surface area (Å²) in [7, 11) is 0. The van der Waals surface area contributed by atoms with Crippen molar-refractivity contribution in [2.45, 2.75) is 26.7 Å². The number of aromatic nitrogens is 1. The molecule has 1 aliphatic heterocycles. The van der Waals surface area contributed by atoms with Crippen molar-refractivity contribution < 1.29 is 4.79 Å². The van der Waals surface area contributed by atoms with E-state index < -0.39 is 0 Å². The summed E-state index contributed by atoms with van der Waals surface area (Å²) in [5.41, 5.74) is 1.10. The Bertz CT molecular complexity index is 375. The summed E-state index contributed by atoms with van der Waals surface area (Å²) >= 11 is 1.60. The number of hydrogen-bond donors (Lipinski definition) is 1. The smallest absolute Gasteiger partial charge is 0.323 e. The minimum Gasteiger partial charge on any atom is -0.338 e. The Hall–Kier alpha value is -1.10. The number of aryl methyl sites for hydroxylation is 2. The van der Waals surface area contributed by atoms with E-state index in [0.29, 0.717) is 0 Å². The molecule has 82 valence electrons. The number of thiazole rings is 1. The van der Waals surface area contributed by atoms with Gasteiger partial charge in [-0.3, -0.25) is 4.90 Å². The second kappa shape index (κ2) is 4.18. The Morgan fingerprint density at radius 2 is 2.40 bits per heavy atom. The number of anilines is 1. The van der Waals surface area contributed by atoms with E-state index >= 15 is 0 Å². The molecule has 0 aromatic carbocycles. The molecule has 1 aromatic heterocycles. The van der Waals surface area contributed by atoms with Crippen LogP contribution in [0.5, 0.6) is 0 Å². The van der Waals surface area contributed by atoms with Gasteiger partial charge in [-0.1, -0.05) is 6.92 Å². The van der Waals surface area contributed by atoms with Crippen LogP contribution in [0.4, 0.5) is 9.93 Å². The van der Waals surface area contributed by atoms with Crippen molar-refractivity contribution in [3.63, 3.8) is 0 Å². The van der Waals surface area contributed by atoms with Gasteiger partial charge in [-0.2, -0.15) is 0 Å². The van der Waals surface area contributed by atoms with Crippen molar-refractivity contribution in [3.05, 3.63) is 10.6 Å². The molecule has 0 spiro atoms. The molecule has 0 atom stereocenters. The molecule has 1 N–H and O–H groups in total. The zero-order valence-corrected chi connectivity index (χ0v) is 9.86. The Balaban J connectivity index is 2.24. The lowest BCUT2D eigenvalue weighted by atomic mass is 10.3. The first-order valence-corrected chi connectivity index (χ1v) is 6.05. The Morgan fingerprint density at radius 1 is 1.60 bits per heavy atom. The highest BCUT2D eigenvalue weighted by Gasteiger charge is 2.22. The molecular formula is C10H15N3OS. The maximum absolute atomic E-state index is 11.6. The van der Waals surface area contributed by atoms with Crippen molar-refractivity contribution in [1.82, 2.24) is 10.3 Å². The molecule has 0 saturated carbocycles. The summed E-state index contributed by atoms with van der Waals surface area (Å²) in [6.45, 7) is 5.70. The van der Waals surface area contributed by atoms with Crippen LogP contribution in [-0.2, 0) is 6.42 Å². The van der Waals surface area contributed by atoms with Gasteiger partial charge in [0.05, 0.1) is 5.69 Å². The molecule has 5 heteroatoms. The molecule has 4 nitrogen and oxygen atoms in total. The van der Waals surface area contributed by atoms with E-state index in [1.54, 1.807) is 16.2 Å². The van der Waals surface area contributed by atoms with Gasteiger partial charge in [0.15, 0.2) is 5.13 Å². The number of carbonyl (C=O) groups excluding carboxylic acids is 1. The molecule has 15 heavy (non-hydrogen) atoms. The van der Waals surface area contributed by atoms with Crippen molar-refractivity contribution in [2.75, 3.05) is 18.0 Å². The average molecular weight is 225 g/mol. The van der Waals surface area contributed by atoms with E-state index in [0.717, 1.165) is 36.8 Å². The number of amides is 2. The van der Waals surface area contributed by atoms with Gasteiger partial charge >= 0.3 is 6.03 Å². The first kappa shape index (κ1) is 10.4. The van der Waals surface area contributed by atoms with Gasteiger partial charge in [0.25, 0.3) is 0 Å². The van der Waals surface area contributed by atoms with Crippen LogP contribution in [0.1, 0.15) is 23.9 Å². The molecule has 1 aromatic rings. The molecular weight excluding hydrogens is 210 g/mol. The Labute approximate surface area is 93.3 Å². The van der Waals surface area contributed by atoms with E-state index in [1.165, 1.54) is 4.88 Å². The van der Waals surface area contributed by atoms with Gasteiger partial charge in [-0.05, 0) is 19.8 Å². The highest BCUT2D eigenvalue weighted by molar-refractivity contribution is 7.15. The van der Waals surface area contributed by atoms with Crippen molar-refractivity contribution in [3.8, 4) is 0 Å². The zero-order chi connectivity index (χ0) is 10.8. The van der Waals surface area contributed by atoms with Gasteiger partial charge < -0.3 is 5.32 Å². The van der Waals surface area contributed by atoms with Gasteiger partial charge in [-0.15, -0.1) is 11.3 Å². The lowest BCUT2D eigenvalue weighted by Gasteiger charge is -2.24. The monoisotopic (exact) mass is 225 g/mol. The molecule has 0 aliphatic carbocycles. The van der Waals surface area contributed by atoms with E-state index in [-0.39, 0.29) is 6.03 Å². The summed E-state index contributed by atoms with van der Waals surface area (Å²) in [6.07, 6.45) is 1.92. The van der Waals surface area contributed by atoms with Crippen LogP contribution in [0.25, 0.3) is 0 Å². The van der Waals surface area contributed by atoms with Crippen LogP contribution in [0.15, 0.2) is 0 Å². The first-order chi connectivity index (χ1) is 7.22. The lowest BCUT2D eigenvalue weighted by molar-refractivity contribution is 0.243. The number of carbonyl (C=O) groups is 1. The number of nitrogens with one attached hydrogen (secondary N) is 1. The minimum atomic E-state index is -0.0161. The third-order valence-corrected chi connectivity index (χ3v) is 3.56. The van der Waals surface area contributed by atoms with E-state index in [2.05, 4.69) is 24.1 Å².